The number of hydrogen-bond acceptors (Lipinski definition) is 4. The van der Waals surface area contributed by atoms with Crippen LogP contribution in [0, 0.1) is 0 Å². The topological polar surface area (TPSA) is 72.1 Å². The first-order valence-corrected chi connectivity index (χ1v) is 9.48. The highest BCUT2D eigenvalue weighted by molar-refractivity contribution is 6.11. The van der Waals surface area contributed by atoms with E-state index in [0.717, 1.165) is 22.9 Å². The maximum absolute atomic E-state index is 13.5. The number of aromatic nitrogens is 2. The molecule has 4 aromatic rings. The van der Waals surface area contributed by atoms with Gasteiger partial charge >= 0.3 is 5.97 Å². The Morgan fingerprint density at radius 1 is 1.00 bits per heavy atom. The molecule has 0 radical (unpaired) electrons. The van der Waals surface area contributed by atoms with Gasteiger partial charge in [-0.1, -0.05) is 55.5 Å². The fourth-order valence-corrected chi connectivity index (χ4v) is 3.42. The van der Waals surface area contributed by atoms with E-state index in [1.165, 1.54) is 12.4 Å². The Morgan fingerprint density at radius 3 is 2.48 bits per heavy atom. The van der Waals surface area contributed by atoms with Crippen LogP contribution in [-0.2, 0) is 11.2 Å². The zero-order valence-electron chi connectivity index (χ0n) is 16.0. The molecule has 0 bridgehead atoms. The summed E-state index contributed by atoms with van der Waals surface area (Å²) in [5, 5.41) is 0.829. The van der Waals surface area contributed by atoms with Gasteiger partial charge in [-0.05, 0) is 24.1 Å². The summed E-state index contributed by atoms with van der Waals surface area (Å²) in [5.41, 5.74) is 3.55. The fraction of sp³-hybridized carbons (Fsp3) is 0.125. The number of hydrogen-bond donors (Lipinski definition) is 1. The number of carbonyl (C=O) groups excluding carboxylic acids is 2. The van der Waals surface area contributed by atoms with Crippen LogP contribution in [0.4, 0.5) is 0 Å². The molecule has 5 heteroatoms. The van der Waals surface area contributed by atoms with Gasteiger partial charge in [0.2, 0.25) is 5.78 Å². The number of nitrogens with one attached hydrogen (secondary N) is 1. The number of aromatic amines is 1. The van der Waals surface area contributed by atoms with E-state index in [0.29, 0.717) is 16.7 Å². The van der Waals surface area contributed by atoms with Gasteiger partial charge in [0, 0.05) is 40.6 Å². The Bertz CT molecular complexity index is 1150. The number of fused-ring (bicyclic) bond motifs is 1. The Kier molecular flexibility index (Phi) is 5.20. The number of ether oxygens (including phenoxy) is 1. The van der Waals surface area contributed by atoms with Crippen LogP contribution in [0.15, 0.2) is 79.3 Å². The van der Waals surface area contributed by atoms with Crippen molar-refractivity contribution in [3.05, 3.63) is 102 Å². The maximum Gasteiger partial charge on any atom is 0.339 e. The molecule has 29 heavy (non-hydrogen) atoms. The van der Waals surface area contributed by atoms with Crippen LogP contribution < -0.4 is 0 Å². The first kappa shape index (κ1) is 18.6. The Morgan fingerprint density at radius 2 is 1.76 bits per heavy atom. The Balaban J connectivity index is 1.74. The van der Waals surface area contributed by atoms with Crippen molar-refractivity contribution in [2.75, 3.05) is 0 Å². The van der Waals surface area contributed by atoms with E-state index in [9.17, 15) is 9.59 Å². The molecule has 0 spiro atoms. The van der Waals surface area contributed by atoms with Gasteiger partial charge in [0.15, 0.2) is 6.10 Å². The summed E-state index contributed by atoms with van der Waals surface area (Å²) in [4.78, 5) is 33.3. The van der Waals surface area contributed by atoms with Gasteiger partial charge in [-0.2, -0.15) is 0 Å². The van der Waals surface area contributed by atoms with Crippen LogP contribution in [0.3, 0.4) is 0 Å². The number of H-pyrrole nitrogens is 1. The summed E-state index contributed by atoms with van der Waals surface area (Å²) in [6.45, 7) is 2.07. The van der Waals surface area contributed by atoms with Crippen LogP contribution in [0.2, 0.25) is 0 Å². The normalized spacial score (nSPS) is 11.9. The summed E-state index contributed by atoms with van der Waals surface area (Å²) in [5.74, 6) is -0.832. The molecule has 0 amide bonds. The quantitative estimate of drug-likeness (QED) is 0.379. The average Bonchev–Trinajstić information content (AvgIpc) is 3.22. The van der Waals surface area contributed by atoms with Crippen LogP contribution in [0.1, 0.15) is 44.9 Å². The van der Waals surface area contributed by atoms with Gasteiger partial charge in [0.1, 0.15) is 0 Å². The molecule has 0 unspecified atom stereocenters. The zero-order valence-corrected chi connectivity index (χ0v) is 16.0. The van der Waals surface area contributed by atoms with Crippen molar-refractivity contribution in [2.24, 2.45) is 0 Å². The van der Waals surface area contributed by atoms with E-state index in [1.807, 2.05) is 36.4 Å². The van der Waals surface area contributed by atoms with E-state index in [-0.39, 0.29) is 5.78 Å². The second-order valence-electron chi connectivity index (χ2n) is 6.69. The number of benzene rings is 2. The van der Waals surface area contributed by atoms with Crippen molar-refractivity contribution in [3.63, 3.8) is 0 Å². The molecule has 0 aliphatic rings. The number of pyridine rings is 1. The minimum absolute atomic E-state index is 0.266. The highest BCUT2D eigenvalue weighted by atomic mass is 16.5. The molecule has 0 aliphatic carbocycles. The molecular formula is C24H20N2O3. The van der Waals surface area contributed by atoms with Crippen LogP contribution in [0.5, 0.6) is 0 Å². The standard InChI is InChI=1S/C24H20N2O3/c1-2-16-9-6-10-19-20(15-26-21(16)19)22(27)23(17-7-4-3-5-8-17)29-24(28)18-11-13-25-14-12-18/h3-15,23,26H,2H2,1H3/t23-/m0/s1. The molecule has 0 fully saturated rings. The molecule has 4 rings (SSSR count). The maximum atomic E-state index is 13.5. The summed E-state index contributed by atoms with van der Waals surface area (Å²) in [7, 11) is 0. The van der Waals surface area contributed by atoms with Crippen LogP contribution in [-0.4, -0.2) is 21.7 Å². The number of aryl methyl sites for hydroxylation is 1. The van der Waals surface area contributed by atoms with Crippen molar-refractivity contribution in [3.8, 4) is 0 Å². The highest BCUT2D eigenvalue weighted by Crippen LogP contribution is 2.29. The third-order valence-corrected chi connectivity index (χ3v) is 4.93. The Labute approximate surface area is 168 Å². The van der Waals surface area contributed by atoms with Gasteiger partial charge < -0.3 is 9.72 Å². The molecule has 0 aliphatic heterocycles. The highest BCUT2D eigenvalue weighted by Gasteiger charge is 2.28. The summed E-state index contributed by atoms with van der Waals surface area (Å²) in [6.07, 6.45) is 4.54. The fourth-order valence-electron chi connectivity index (χ4n) is 3.42. The van der Waals surface area contributed by atoms with Crippen molar-refractivity contribution in [2.45, 2.75) is 19.4 Å². The van der Waals surface area contributed by atoms with E-state index >= 15 is 0 Å². The Hall–Kier alpha value is -3.73. The number of ketones is 1. The second-order valence-corrected chi connectivity index (χ2v) is 6.69. The van der Waals surface area contributed by atoms with E-state index in [1.54, 1.807) is 30.5 Å². The van der Waals surface area contributed by atoms with E-state index in [2.05, 4.69) is 16.9 Å². The third kappa shape index (κ3) is 3.67. The first-order valence-electron chi connectivity index (χ1n) is 9.48. The number of esters is 1. The summed E-state index contributed by atoms with van der Waals surface area (Å²) >= 11 is 0. The summed E-state index contributed by atoms with van der Waals surface area (Å²) in [6, 6.07) is 18.1. The number of para-hydroxylation sites is 1. The summed E-state index contributed by atoms with van der Waals surface area (Å²) < 4.78 is 5.68. The lowest BCUT2D eigenvalue weighted by atomic mass is 9.98. The number of rotatable bonds is 6. The van der Waals surface area contributed by atoms with E-state index < -0.39 is 12.1 Å². The predicted octanol–water partition coefficient (Wildman–Crippen LogP) is 4.91. The van der Waals surface area contributed by atoms with Gasteiger partial charge in [-0.3, -0.25) is 9.78 Å². The van der Waals surface area contributed by atoms with Gasteiger partial charge in [0.25, 0.3) is 0 Å². The van der Waals surface area contributed by atoms with Crippen molar-refractivity contribution < 1.29 is 14.3 Å². The number of carbonyl (C=O) groups is 2. The lowest BCUT2D eigenvalue weighted by Gasteiger charge is -2.17. The van der Waals surface area contributed by atoms with E-state index in [4.69, 9.17) is 4.74 Å². The minimum Gasteiger partial charge on any atom is -0.445 e. The lowest BCUT2D eigenvalue weighted by molar-refractivity contribution is 0.0280. The molecule has 2 aromatic heterocycles. The largest absolute Gasteiger partial charge is 0.445 e. The van der Waals surface area contributed by atoms with Gasteiger partial charge in [-0.15, -0.1) is 0 Å². The first-order chi connectivity index (χ1) is 14.2. The zero-order chi connectivity index (χ0) is 20.2. The van der Waals surface area contributed by atoms with Crippen molar-refractivity contribution >= 4 is 22.7 Å². The lowest BCUT2D eigenvalue weighted by Crippen LogP contribution is -2.20. The molecule has 0 saturated carbocycles. The van der Waals surface area contributed by atoms with Crippen molar-refractivity contribution in [1.82, 2.24) is 9.97 Å². The molecule has 1 atom stereocenters. The van der Waals surface area contributed by atoms with Crippen molar-refractivity contribution in [1.29, 1.82) is 0 Å². The molecular weight excluding hydrogens is 364 g/mol. The molecule has 5 nitrogen and oxygen atoms in total. The molecule has 144 valence electrons. The average molecular weight is 384 g/mol. The SMILES string of the molecule is CCc1cccc2c(C(=O)[C@@H](OC(=O)c3ccncc3)c3ccccc3)c[nH]c12. The van der Waals surface area contributed by atoms with Gasteiger partial charge in [0.05, 0.1) is 5.56 Å². The molecule has 2 heterocycles. The number of nitrogens with zero attached hydrogens (tertiary/aromatic N) is 1. The third-order valence-electron chi connectivity index (χ3n) is 4.93. The second kappa shape index (κ2) is 8.10. The minimum atomic E-state index is -1.04. The molecule has 1 N–H and O–H groups in total. The molecule has 0 saturated heterocycles. The predicted molar refractivity (Wildman–Crippen MR) is 111 cm³/mol. The smallest absolute Gasteiger partial charge is 0.339 e. The number of Topliss-reactive ketones (excluding diaryl/α,β-unsaturated/α-hetero) is 1. The van der Waals surface area contributed by atoms with Gasteiger partial charge in [-0.25, -0.2) is 4.79 Å². The van der Waals surface area contributed by atoms with Crippen LogP contribution >= 0.6 is 0 Å². The van der Waals surface area contributed by atoms with Crippen LogP contribution in [0.25, 0.3) is 10.9 Å². The monoisotopic (exact) mass is 384 g/mol. The molecule has 2 aromatic carbocycles.